The summed E-state index contributed by atoms with van der Waals surface area (Å²) >= 11 is 0. The van der Waals surface area contributed by atoms with Crippen molar-refractivity contribution in [2.24, 2.45) is 5.73 Å². The summed E-state index contributed by atoms with van der Waals surface area (Å²) in [6.45, 7) is 8.19. The van der Waals surface area contributed by atoms with Gasteiger partial charge in [-0.2, -0.15) is 0 Å². The molecule has 0 bridgehead atoms. The van der Waals surface area contributed by atoms with Gasteiger partial charge in [-0.25, -0.2) is 0 Å². The highest BCUT2D eigenvalue weighted by molar-refractivity contribution is 5.14. The molecule has 1 aromatic heterocycles. The third-order valence-corrected chi connectivity index (χ3v) is 2.77. The summed E-state index contributed by atoms with van der Waals surface area (Å²) < 4.78 is 5.28. The van der Waals surface area contributed by atoms with Gasteiger partial charge in [-0.1, -0.05) is 0 Å². The number of nitrogens with zero attached hydrogens (tertiary/aromatic N) is 1. The first-order chi connectivity index (χ1) is 7.38. The third-order valence-electron chi connectivity index (χ3n) is 2.77. The molecule has 3 heteroatoms. The molecular formula is C13H24N2O. The van der Waals surface area contributed by atoms with E-state index in [2.05, 4.69) is 25.8 Å². The van der Waals surface area contributed by atoms with Crippen molar-refractivity contribution in [3.05, 3.63) is 23.7 Å². The van der Waals surface area contributed by atoms with Gasteiger partial charge >= 0.3 is 0 Å². The first-order valence-electron chi connectivity index (χ1n) is 5.89. The number of rotatable bonds is 6. The number of nitrogens with two attached hydrogens (primary N) is 1. The van der Waals surface area contributed by atoms with Crippen molar-refractivity contribution >= 4 is 0 Å². The molecule has 0 radical (unpaired) electrons. The molecule has 0 unspecified atom stereocenters. The lowest BCUT2D eigenvalue weighted by Gasteiger charge is -2.21. The van der Waals surface area contributed by atoms with Gasteiger partial charge in [-0.15, -0.1) is 0 Å². The Bertz CT molecular complexity index is 312. The second-order valence-electron chi connectivity index (χ2n) is 5.33. The van der Waals surface area contributed by atoms with Crippen LogP contribution in [0.2, 0.25) is 0 Å². The van der Waals surface area contributed by atoms with Crippen LogP contribution in [0.5, 0.6) is 0 Å². The van der Waals surface area contributed by atoms with Crippen LogP contribution in [0.4, 0.5) is 0 Å². The predicted molar refractivity (Wildman–Crippen MR) is 67.3 cm³/mol. The fraction of sp³-hybridized carbons (Fsp3) is 0.692. The molecule has 0 saturated heterocycles. The molecule has 0 aromatic carbocycles. The van der Waals surface area contributed by atoms with E-state index in [0.717, 1.165) is 31.7 Å². The minimum Gasteiger partial charge on any atom is -0.469 e. The summed E-state index contributed by atoms with van der Waals surface area (Å²) in [7, 11) is 2.13. The molecule has 2 N–H and O–H groups in total. The molecule has 1 heterocycles. The minimum atomic E-state index is -0.0492. The number of furan rings is 1. The lowest BCUT2D eigenvalue weighted by Crippen LogP contribution is -2.33. The van der Waals surface area contributed by atoms with E-state index >= 15 is 0 Å². The summed E-state index contributed by atoms with van der Waals surface area (Å²) in [6, 6.07) is 2.04. The SMILES string of the molecule is Cc1occc1CN(C)CCCC(C)(C)N. The normalized spacial score (nSPS) is 12.4. The Balaban J connectivity index is 2.26. The largest absolute Gasteiger partial charge is 0.469 e. The second kappa shape index (κ2) is 5.51. The number of hydrogen-bond donors (Lipinski definition) is 1. The van der Waals surface area contributed by atoms with Crippen LogP contribution in [0.25, 0.3) is 0 Å². The predicted octanol–water partition coefficient (Wildman–Crippen LogP) is 2.54. The lowest BCUT2D eigenvalue weighted by atomic mass is 10.00. The number of aryl methyl sites for hydroxylation is 1. The van der Waals surface area contributed by atoms with Gasteiger partial charge in [0.25, 0.3) is 0 Å². The highest BCUT2D eigenvalue weighted by atomic mass is 16.3. The van der Waals surface area contributed by atoms with Gasteiger partial charge in [0.05, 0.1) is 6.26 Å². The van der Waals surface area contributed by atoms with Crippen molar-refractivity contribution in [1.82, 2.24) is 4.90 Å². The maximum Gasteiger partial charge on any atom is 0.105 e. The maximum absolute atomic E-state index is 5.95. The highest BCUT2D eigenvalue weighted by Crippen LogP contribution is 2.12. The minimum absolute atomic E-state index is 0.0492. The first kappa shape index (κ1) is 13.3. The molecule has 16 heavy (non-hydrogen) atoms. The molecule has 0 saturated carbocycles. The zero-order chi connectivity index (χ0) is 12.2. The molecule has 3 nitrogen and oxygen atoms in total. The smallest absolute Gasteiger partial charge is 0.105 e. The van der Waals surface area contributed by atoms with E-state index in [1.165, 1.54) is 5.56 Å². The van der Waals surface area contributed by atoms with E-state index in [4.69, 9.17) is 10.2 Å². The summed E-state index contributed by atoms with van der Waals surface area (Å²) in [5.74, 6) is 1.02. The van der Waals surface area contributed by atoms with Crippen LogP contribution in [-0.2, 0) is 6.54 Å². The summed E-state index contributed by atoms with van der Waals surface area (Å²) in [6.07, 6.45) is 3.94. The van der Waals surface area contributed by atoms with Crippen LogP contribution >= 0.6 is 0 Å². The summed E-state index contributed by atoms with van der Waals surface area (Å²) in [5, 5.41) is 0. The second-order valence-corrected chi connectivity index (χ2v) is 5.33. The van der Waals surface area contributed by atoms with E-state index in [1.807, 2.05) is 13.0 Å². The lowest BCUT2D eigenvalue weighted by molar-refractivity contribution is 0.301. The van der Waals surface area contributed by atoms with Gasteiger partial charge in [0.1, 0.15) is 5.76 Å². The summed E-state index contributed by atoms with van der Waals surface area (Å²) in [4.78, 5) is 2.31. The molecule has 0 fully saturated rings. The van der Waals surface area contributed by atoms with Gasteiger partial charge < -0.3 is 15.1 Å². The molecule has 0 spiro atoms. The fourth-order valence-electron chi connectivity index (χ4n) is 1.75. The third kappa shape index (κ3) is 4.81. The number of hydrogen-bond acceptors (Lipinski definition) is 3. The molecule has 1 aromatic rings. The van der Waals surface area contributed by atoms with Crippen LogP contribution in [-0.4, -0.2) is 24.0 Å². The average Bonchev–Trinajstić information content (AvgIpc) is 2.49. The Morgan fingerprint density at radius 2 is 2.12 bits per heavy atom. The van der Waals surface area contributed by atoms with Gasteiger partial charge in [-0.05, 0) is 53.3 Å². The fourth-order valence-corrected chi connectivity index (χ4v) is 1.75. The Morgan fingerprint density at radius 3 is 2.62 bits per heavy atom. The molecule has 0 aliphatic carbocycles. The molecule has 1 rings (SSSR count). The Labute approximate surface area is 98.6 Å². The summed E-state index contributed by atoms with van der Waals surface area (Å²) in [5.41, 5.74) is 7.17. The van der Waals surface area contributed by atoms with Crippen LogP contribution in [0, 0.1) is 6.92 Å². The van der Waals surface area contributed by atoms with E-state index in [-0.39, 0.29) is 5.54 Å². The molecule has 0 atom stereocenters. The van der Waals surface area contributed by atoms with Gasteiger partial charge in [0.2, 0.25) is 0 Å². The van der Waals surface area contributed by atoms with E-state index in [0.29, 0.717) is 0 Å². The molecule has 0 aliphatic heterocycles. The van der Waals surface area contributed by atoms with Crippen molar-refractivity contribution in [3.8, 4) is 0 Å². The van der Waals surface area contributed by atoms with Gasteiger partial charge in [0.15, 0.2) is 0 Å². The quantitative estimate of drug-likeness (QED) is 0.807. The molecule has 0 amide bonds. The topological polar surface area (TPSA) is 42.4 Å². The van der Waals surface area contributed by atoms with Crippen molar-refractivity contribution in [2.45, 2.75) is 45.7 Å². The van der Waals surface area contributed by atoms with Crippen molar-refractivity contribution < 1.29 is 4.42 Å². The van der Waals surface area contributed by atoms with E-state index in [9.17, 15) is 0 Å². The zero-order valence-electron chi connectivity index (χ0n) is 10.9. The first-order valence-corrected chi connectivity index (χ1v) is 5.89. The molecule has 92 valence electrons. The Morgan fingerprint density at radius 1 is 1.44 bits per heavy atom. The van der Waals surface area contributed by atoms with Crippen molar-refractivity contribution in [2.75, 3.05) is 13.6 Å². The standard InChI is InChI=1S/C13H24N2O/c1-11-12(6-9-16-11)10-15(4)8-5-7-13(2,3)14/h6,9H,5,7-8,10,14H2,1-4H3. The Kier molecular flexibility index (Phi) is 4.56. The van der Waals surface area contributed by atoms with Crippen LogP contribution < -0.4 is 5.73 Å². The van der Waals surface area contributed by atoms with Gasteiger partial charge in [0, 0.05) is 17.6 Å². The highest BCUT2D eigenvalue weighted by Gasteiger charge is 2.11. The monoisotopic (exact) mass is 224 g/mol. The van der Waals surface area contributed by atoms with E-state index in [1.54, 1.807) is 6.26 Å². The van der Waals surface area contributed by atoms with E-state index < -0.39 is 0 Å². The van der Waals surface area contributed by atoms with Crippen LogP contribution in [0.3, 0.4) is 0 Å². The average molecular weight is 224 g/mol. The molecular weight excluding hydrogens is 200 g/mol. The van der Waals surface area contributed by atoms with Crippen molar-refractivity contribution in [1.29, 1.82) is 0 Å². The zero-order valence-corrected chi connectivity index (χ0v) is 10.9. The maximum atomic E-state index is 5.95. The Hall–Kier alpha value is -0.800. The van der Waals surface area contributed by atoms with Crippen LogP contribution in [0.15, 0.2) is 16.7 Å². The van der Waals surface area contributed by atoms with Gasteiger partial charge in [-0.3, -0.25) is 0 Å². The molecule has 0 aliphatic rings. The van der Waals surface area contributed by atoms with Crippen molar-refractivity contribution in [3.63, 3.8) is 0 Å². The van der Waals surface area contributed by atoms with Crippen LogP contribution in [0.1, 0.15) is 38.0 Å².